The van der Waals surface area contributed by atoms with Crippen molar-refractivity contribution in [1.82, 2.24) is 5.32 Å². The molecule has 0 radical (unpaired) electrons. The smallest absolute Gasteiger partial charge is 0.0991 e. The molecule has 0 aliphatic carbocycles. The van der Waals surface area contributed by atoms with Gasteiger partial charge in [-0.25, -0.2) is 0 Å². The summed E-state index contributed by atoms with van der Waals surface area (Å²) < 4.78 is 0. The minimum Gasteiger partial charge on any atom is -0.319 e. The van der Waals surface area contributed by atoms with Gasteiger partial charge in [0.25, 0.3) is 0 Å². The third-order valence-corrected chi connectivity index (χ3v) is 4.05. The molecule has 112 valence electrons. The van der Waals surface area contributed by atoms with Crippen LogP contribution in [0.1, 0.15) is 31.4 Å². The summed E-state index contributed by atoms with van der Waals surface area (Å²) in [6.45, 7) is 5.37. The first-order valence-corrected chi connectivity index (χ1v) is 7.58. The fourth-order valence-electron chi connectivity index (χ4n) is 2.52. The molecule has 0 fully saturated rings. The van der Waals surface area contributed by atoms with Gasteiger partial charge in [-0.05, 0) is 68.3 Å². The molecule has 0 saturated heterocycles. The summed E-state index contributed by atoms with van der Waals surface area (Å²) in [7, 11) is 1.98. The lowest BCUT2D eigenvalue weighted by molar-refractivity contribution is 0.786. The summed E-state index contributed by atoms with van der Waals surface area (Å²) in [5, 5.41) is 12.1. The second-order valence-corrected chi connectivity index (χ2v) is 5.49. The highest BCUT2D eigenvalue weighted by Gasteiger charge is 2.08. The van der Waals surface area contributed by atoms with Gasteiger partial charge >= 0.3 is 0 Å². The van der Waals surface area contributed by atoms with Crippen LogP contribution in [0.15, 0.2) is 54.1 Å². The molecule has 0 bridgehead atoms. The van der Waals surface area contributed by atoms with Crippen molar-refractivity contribution in [2.45, 2.75) is 20.3 Å². The molecule has 2 rings (SSSR count). The summed E-state index contributed by atoms with van der Waals surface area (Å²) in [5.74, 6) is 0. The van der Waals surface area contributed by atoms with Crippen LogP contribution in [-0.2, 0) is 0 Å². The van der Waals surface area contributed by atoms with E-state index in [9.17, 15) is 0 Å². The van der Waals surface area contributed by atoms with Crippen LogP contribution in [0.2, 0.25) is 0 Å². The van der Waals surface area contributed by atoms with Crippen LogP contribution in [-0.4, -0.2) is 13.6 Å². The largest absolute Gasteiger partial charge is 0.319 e. The second kappa shape index (κ2) is 7.59. The van der Waals surface area contributed by atoms with Crippen molar-refractivity contribution in [3.63, 3.8) is 0 Å². The Balaban J connectivity index is 2.44. The van der Waals surface area contributed by atoms with Gasteiger partial charge in [0.15, 0.2) is 0 Å². The maximum Gasteiger partial charge on any atom is 0.0991 e. The van der Waals surface area contributed by atoms with E-state index in [1.54, 1.807) is 0 Å². The number of nitriles is 1. The molecule has 1 N–H and O–H groups in total. The number of rotatable bonds is 5. The molecular weight excluding hydrogens is 268 g/mol. The molecule has 0 aliphatic heterocycles. The lowest BCUT2D eigenvalue weighted by Gasteiger charge is -2.13. The summed E-state index contributed by atoms with van der Waals surface area (Å²) in [6.07, 6.45) is 1.05. The van der Waals surface area contributed by atoms with Crippen LogP contribution in [0.3, 0.4) is 0 Å². The Bertz CT molecular complexity index is 703. The van der Waals surface area contributed by atoms with Gasteiger partial charge in [-0.3, -0.25) is 0 Å². The average Bonchev–Trinajstić information content (AvgIpc) is 2.59. The molecule has 0 spiro atoms. The van der Waals surface area contributed by atoms with E-state index in [1.165, 1.54) is 22.3 Å². The highest BCUT2D eigenvalue weighted by atomic mass is 14.8. The van der Waals surface area contributed by atoms with Crippen LogP contribution in [0.25, 0.3) is 16.7 Å². The minimum atomic E-state index is 0.693. The molecule has 0 atom stereocenters. The fourth-order valence-corrected chi connectivity index (χ4v) is 2.52. The van der Waals surface area contributed by atoms with Crippen LogP contribution in [0.5, 0.6) is 0 Å². The quantitative estimate of drug-likeness (QED) is 0.871. The number of hydrogen-bond acceptors (Lipinski definition) is 2. The first-order valence-electron chi connectivity index (χ1n) is 7.58. The zero-order chi connectivity index (χ0) is 15.9. The predicted molar refractivity (Wildman–Crippen MR) is 93.4 cm³/mol. The van der Waals surface area contributed by atoms with Crippen LogP contribution < -0.4 is 5.32 Å². The molecule has 22 heavy (non-hydrogen) atoms. The van der Waals surface area contributed by atoms with E-state index in [-0.39, 0.29) is 0 Å². The second-order valence-electron chi connectivity index (χ2n) is 5.49. The SMILES string of the molecule is CNCC/C(C)=C(\C)c1ccccc1-c1ccc(C#N)cc1. The van der Waals surface area contributed by atoms with Crippen molar-refractivity contribution in [1.29, 1.82) is 5.26 Å². The Morgan fingerprint density at radius 2 is 1.73 bits per heavy atom. The van der Waals surface area contributed by atoms with Crippen molar-refractivity contribution in [2.24, 2.45) is 0 Å². The van der Waals surface area contributed by atoms with Crippen LogP contribution >= 0.6 is 0 Å². The van der Waals surface area contributed by atoms with E-state index < -0.39 is 0 Å². The number of nitrogens with zero attached hydrogens (tertiary/aromatic N) is 1. The molecule has 2 aromatic carbocycles. The van der Waals surface area contributed by atoms with E-state index in [1.807, 2.05) is 31.3 Å². The summed E-state index contributed by atoms with van der Waals surface area (Å²) in [5.41, 5.74) is 7.05. The highest BCUT2D eigenvalue weighted by molar-refractivity contribution is 5.81. The van der Waals surface area contributed by atoms with Gasteiger partial charge in [-0.2, -0.15) is 5.26 Å². The van der Waals surface area contributed by atoms with Crippen molar-refractivity contribution >= 4 is 5.57 Å². The topological polar surface area (TPSA) is 35.8 Å². The van der Waals surface area contributed by atoms with Gasteiger partial charge in [-0.15, -0.1) is 0 Å². The molecule has 0 amide bonds. The normalized spacial score (nSPS) is 11.7. The van der Waals surface area contributed by atoms with Crippen molar-refractivity contribution in [3.05, 3.63) is 65.2 Å². The van der Waals surface area contributed by atoms with E-state index >= 15 is 0 Å². The summed E-state index contributed by atoms with van der Waals surface area (Å²) >= 11 is 0. The van der Waals surface area contributed by atoms with Gasteiger partial charge in [0.2, 0.25) is 0 Å². The predicted octanol–water partition coefficient (Wildman–Crippen LogP) is 4.63. The van der Waals surface area contributed by atoms with Crippen LogP contribution in [0, 0.1) is 11.3 Å². The fraction of sp³-hybridized carbons (Fsp3) is 0.250. The molecule has 0 heterocycles. The Kier molecular flexibility index (Phi) is 5.52. The average molecular weight is 290 g/mol. The van der Waals surface area contributed by atoms with Crippen molar-refractivity contribution in [3.8, 4) is 17.2 Å². The third-order valence-electron chi connectivity index (χ3n) is 4.05. The monoisotopic (exact) mass is 290 g/mol. The highest BCUT2D eigenvalue weighted by Crippen LogP contribution is 2.31. The molecule has 0 aromatic heterocycles. The van der Waals surface area contributed by atoms with Gasteiger partial charge in [-0.1, -0.05) is 42.0 Å². The van der Waals surface area contributed by atoms with E-state index in [4.69, 9.17) is 5.26 Å². The van der Waals surface area contributed by atoms with E-state index in [0.29, 0.717) is 5.56 Å². The zero-order valence-corrected chi connectivity index (χ0v) is 13.5. The number of nitrogens with one attached hydrogen (secondary N) is 1. The molecular formula is C20H22N2. The van der Waals surface area contributed by atoms with E-state index in [2.05, 4.69) is 49.5 Å². The maximum absolute atomic E-state index is 8.93. The standard InChI is InChI=1S/C20H22N2/c1-15(12-13-22-3)16(2)19-6-4-5-7-20(19)18-10-8-17(14-21)9-11-18/h4-11,22H,12-13H2,1-3H3/b16-15+. The lowest BCUT2D eigenvalue weighted by Crippen LogP contribution is -2.08. The van der Waals surface area contributed by atoms with Gasteiger partial charge in [0.05, 0.1) is 11.6 Å². The van der Waals surface area contributed by atoms with Gasteiger partial charge in [0, 0.05) is 0 Å². The maximum atomic E-state index is 8.93. The number of benzene rings is 2. The van der Waals surface area contributed by atoms with Gasteiger partial charge < -0.3 is 5.32 Å². The molecule has 2 aromatic rings. The summed E-state index contributed by atoms with van der Waals surface area (Å²) in [6, 6.07) is 18.4. The van der Waals surface area contributed by atoms with Crippen molar-refractivity contribution < 1.29 is 0 Å². The van der Waals surface area contributed by atoms with E-state index in [0.717, 1.165) is 18.5 Å². The number of hydrogen-bond donors (Lipinski definition) is 1. The molecule has 0 unspecified atom stereocenters. The molecule has 2 heteroatoms. The van der Waals surface area contributed by atoms with Gasteiger partial charge in [0.1, 0.15) is 0 Å². The van der Waals surface area contributed by atoms with Crippen molar-refractivity contribution in [2.75, 3.05) is 13.6 Å². The first-order chi connectivity index (χ1) is 10.7. The molecule has 2 nitrogen and oxygen atoms in total. The summed E-state index contributed by atoms with van der Waals surface area (Å²) in [4.78, 5) is 0. The molecule has 0 saturated carbocycles. The van der Waals surface area contributed by atoms with Crippen LogP contribution in [0.4, 0.5) is 0 Å². The minimum absolute atomic E-state index is 0.693. The Morgan fingerprint density at radius 1 is 1.05 bits per heavy atom. The Hall–Kier alpha value is -2.37. The Morgan fingerprint density at radius 3 is 2.36 bits per heavy atom. The Labute approximate surface area is 133 Å². The first kappa shape index (κ1) is 16.0. The number of allylic oxidation sites excluding steroid dienone is 1. The lowest BCUT2D eigenvalue weighted by atomic mass is 9.92. The molecule has 0 aliphatic rings. The third kappa shape index (κ3) is 3.63. The zero-order valence-electron chi connectivity index (χ0n) is 13.5.